The maximum Gasteiger partial charge on any atom is 0.359 e. The molecular weight excluding hydrogens is 362 g/mol. The molecule has 0 spiro atoms. The van der Waals surface area contributed by atoms with Crippen LogP contribution in [0.15, 0.2) is 42.5 Å². The van der Waals surface area contributed by atoms with Crippen LogP contribution in [0.2, 0.25) is 0 Å². The molecule has 0 radical (unpaired) electrons. The Morgan fingerprint density at radius 2 is 1.86 bits per heavy atom. The van der Waals surface area contributed by atoms with E-state index in [-0.39, 0.29) is 5.69 Å². The van der Waals surface area contributed by atoms with Gasteiger partial charge in [-0.1, -0.05) is 18.2 Å². The van der Waals surface area contributed by atoms with Gasteiger partial charge in [-0.25, -0.2) is 4.79 Å². The van der Waals surface area contributed by atoms with E-state index in [2.05, 4.69) is 15.5 Å². The Hall–Kier alpha value is -3.55. The van der Waals surface area contributed by atoms with Crippen molar-refractivity contribution in [3.63, 3.8) is 0 Å². The Morgan fingerprint density at radius 3 is 2.64 bits per heavy atom. The molecule has 0 saturated carbocycles. The molecule has 0 atom stereocenters. The maximum atomic E-state index is 12.3. The van der Waals surface area contributed by atoms with Crippen molar-refractivity contribution in [2.45, 2.75) is 13.8 Å². The molecule has 0 aliphatic heterocycles. The highest BCUT2D eigenvalue weighted by atomic mass is 16.5. The van der Waals surface area contributed by atoms with Gasteiger partial charge < -0.3 is 19.5 Å². The molecule has 0 unspecified atom stereocenters. The predicted molar refractivity (Wildman–Crippen MR) is 104 cm³/mol. The van der Waals surface area contributed by atoms with Gasteiger partial charge in [0.15, 0.2) is 12.3 Å². The zero-order chi connectivity index (χ0) is 19.9. The average molecular weight is 383 g/mol. The zero-order valence-electron chi connectivity index (χ0n) is 15.7. The van der Waals surface area contributed by atoms with Crippen LogP contribution >= 0.6 is 0 Å². The molecule has 0 saturated heterocycles. The summed E-state index contributed by atoms with van der Waals surface area (Å²) in [6.07, 6.45) is 0. The van der Waals surface area contributed by atoms with Gasteiger partial charge in [-0.05, 0) is 32.0 Å². The lowest BCUT2D eigenvalue weighted by Crippen LogP contribution is -2.21. The molecule has 1 aromatic heterocycles. The third-order valence-corrected chi connectivity index (χ3v) is 3.83. The van der Waals surface area contributed by atoms with E-state index in [1.165, 1.54) is 0 Å². The highest BCUT2D eigenvalue weighted by Crippen LogP contribution is 2.29. The number of hydrogen-bond donors (Lipinski definition) is 2. The number of fused-ring (bicyclic) bond motifs is 1. The van der Waals surface area contributed by atoms with Crippen molar-refractivity contribution in [3.8, 4) is 11.5 Å². The zero-order valence-corrected chi connectivity index (χ0v) is 15.7. The fourth-order valence-corrected chi connectivity index (χ4v) is 2.65. The van der Waals surface area contributed by atoms with E-state index in [9.17, 15) is 9.59 Å². The predicted octanol–water partition coefficient (Wildman–Crippen LogP) is 3.16. The van der Waals surface area contributed by atoms with E-state index in [4.69, 9.17) is 14.2 Å². The van der Waals surface area contributed by atoms with Crippen molar-refractivity contribution < 1.29 is 23.8 Å². The van der Waals surface area contributed by atoms with Gasteiger partial charge in [-0.3, -0.25) is 9.89 Å². The fraction of sp³-hybridized carbons (Fsp3) is 0.250. The lowest BCUT2D eigenvalue weighted by Gasteiger charge is -2.13. The van der Waals surface area contributed by atoms with E-state index >= 15 is 0 Å². The molecule has 8 nitrogen and oxygen atoms in total. The van der Waals surface area contributed by atoms with Gasteiger partial charge in [0, 0.05) is 11.5 Å². The molecule has 146 valence electrons. The van der Waals surface area contributed by atoms with Crippen LogP contribution in [0.1, 0.15) is 24.3 Å². The number of nitrogens with zero attached hydrogens (tertiary/aromatic N) is 1. The largest absolute Gasteiger partial charge is 0.494 e. The minimum absolute atomic E-state index is 0.136. The monoisotopic (exact) mass is 383 g/mol. The first-order chi connectivity index (χ1) is 13.6. The summed E-state index contributed by atoms with van der Waals surface area (Å²) < 4.78 is 16.1. The Balaban J connectivity index is 1.65. The topological polar surface area (TPSA) is 103 Å². The number of aromatic nitrogens is 2. The summed E-state index contributed by atoms with van der Waals surface area (Å²) in [4.78, 5) is 24.5. The van der Waals surface area contributed by atoms with Gasteiger partial charge in [0.25, 0.3) is 5.91 Å². The molecule has 2 aromatic carbocycles. The average Bonchev–Trinajstić information content (AvgIpc) is 3.13. The summed E-state index contributed by atoms with van der Waals surface area (Å²) in [6.45, 7) is 4.20. The van der Waals surface area contributed by atoms with Crippen LogP contribution in [-0.4, -0.2) is 41.9 Å². The number of esters is 1. The molecule has 2 N–H and O–H groups in total. The summed E-state index contributed by atoms with van der Waals surface area (Å²) >= 11 is 0. The SMILES string of the molecule is CCOc1ccc(OCC)c(NC(=O)COC(=O)c2n[nH]c3ccccc23)c1. The number of para-hydroxylation sites is 1. The Bertz CT molecular complexity index is 983. The standard InChI is InChI=1S/C20H21N3O5/c1-3-26-13-9-10-17(27-4-2)16(11-13)21-18(24)12-28-20(25)19-14-7-5-6-8-15(14)22-23-19/h5-11H,3-4,12H2,1-2H3,(H,21,24)(H,22,23). The highest BCUT2D eigenvalue weighted by Gasteiger charge is 2.17. The van der Waals surface area contributed by atoms with Crippen molar-refractivity contribution in [3.05, 3.63) is 48.2 Å². The molecule has 8 heteroatoms. The summed E-state index contributed by atoms with van der Waals surface area (Å²) in [7, 11) is 0. The first-order valence-corrected chi connectivity index (χ1v) is 8.92. The fourth-order valence-electron chi connectivity index (χ4n) is 2.65. The minimum atomic E-state index is -0.680. The number of carbonyl (C=O) groups excluding carboxylic acids is 2. The van der Waals surface area contributed by atoms with Gasteiger partial charge in [-0.15, -0.1) is 0 Å². The number of hydrogen-bond acceptors (Lipinski definition) is 6. The molecule has 28 heavy (non-hydrogen) atoms. The van der Waals surface area contributed by atoms with Crippen molar-refractivity contribution >= 4 is 28.5 Å². The van der Waals surface area contributed by atoms with Crippen LogP contribution in [0.3, 0.4) is 0 Å². The second kappa shape index (κ2) is 8.90. The molecule has 1 heterocycles. The molecule has 1 amide bonds. The van der Waals surface area contributed by atoms with Crippen molar-refractivity contribution in [1.82, 2.24) is 10.2 Å². The van der Waals surface area contributed by atoms with Gasteiger partial charge >= 0.3 is 5.97 Å². The summed E-state index contributed by atoms with van der Waals surface area (Å²) in [5.41, 5.74) is 1.30. The Labute approximate surface area is 161 Å². The Morgan fingerprint density at radius 1 is 1.07 bits per heavy atom. The van der Waals surface area contributed by atoms with E-state index in [1.54, 1.807) is 36.4 Å². The maximum absolute atomic E-state index is 12.3. The van der Waals surface area contributed by atoms with Crippen LogP contribution in [-0.2, 0) is 9.53 Å². The lowest BCUT2D eigenvalue weighted by molar-refractivity contribution is -0.119. The number of rotatable bonds is 8. The Kier molecular flexibility index (Phi) is 6.11. The molecular formula is C20H21N3O5. The normalized spacial score (nSPS) is 10.5. The number of nitrogens with one attached hydrogen (secondary N) is 2. The van der Waals surface area contributed by atoms with Crippen molar-refractivity contribution in [1.29, 1.82) is 0 Å². The number of carbonyl (C=O) groups is 2. The van der Waals surface area contributed by atoms with Gasteiger partial charge in [0.05, 0.1) is 24.4 Å². The number of anilines is 1. The molecule has 3 aromatic rings. The van der Waals surface area contributed by atoms with Gasteiger partial charge in [0.2, 0.25) is 0 Å². The van der Waals surface area contributed by atoms with Gasteiger partial charge in [0.1, 0.15) is 11.5 Å². The minimum Gasteiger partial charge on any atom is -0.494 e. The third kappa shape index (κ3) is 4.40. The van der Waals surface area contributed by atoms with Crippen LogP contribution < -0.4 is 14.8 Å². The third-order valence-electron chi connectivity index (χ3n) is 3.83. The summed E-state index contributed by atoms with van der Waals surface area (Å²) in [5.74, 6) is -0.0753. The molecule has 0 bridgehead atoms. The van der Waals surface area contributed by atoms with Crippen LogP contribution in [0.4, 0.5) is 5.69 Å². The van der Waals surface area contributed by atoms with Crippen LogP contribution in [0.5, 0.6) is 11.5 Å². The number of benzene rings is 2. The van der Waals surface area contributed by atoms with E-state index in [1.807, 2.05) is 19.9 Å². The smallest absolute Gasteiger partial charge is 0.359 e. The summed E-state index contributed by atoms with van der Waals surface area (Å²) in [5, 5.41) is 10.0. The molecule has 0 aliphatic rings. The second-order valence-electron chi connectivity index (χ2n) is 5.77. The first-order valence-electron chi connectivity index (χ1n) is 8.92. The number of aromatic amines is 1. The molecule has 0 fully saturated rings. The number of amides is 1. The lowest BCUT2D eigenvalue weighted by atomic mass is 10.2. The van der Waals surface area contributed by atoms with Crippen molar-refractivity contribution in [2.24, 2.45) is 0 Å². The number of ether oxygens (including phenoxy) is 3. The molecule has 0 aliphatic carbocycles. The number of H-pyrrole nitrogens is 1. The second-order valence-corrected chi connectivity index (χ2v) is 5.77. The van der Waals surface area contributed by atoms with E-state index < -0.39 is 18.5 Å². The quantitative estimate of drug-likeness (QED) is 0.579. The van der Waals surface area contributed by atoms with Crippen LogP contribution in [0, 0.1) is 0 Å². The first kappa shape index (κ1) is 19.2. The van der Waals surface area contributed by atoms with E-state index in [0.717, 1.165) is 0 Å². The highest BCUT2D eigenvalue weighted by molar-refractivity contribution is 6.03. The van der Waals surface area contributed by atoms with Crippen LogP contribution in [0.25, 0.3) is 10.9 Å². The summed E-state index contributed by atoms with van der Waals surface area (Å²) in [6, 6.07) is 12.3. The molecule has 3 rings (SSSR count). The van der Waals surface area contributed by atoms with Crippen molar-refractivity contribution in [2.75, 3.05) is 25.1 Å². The van der Waals surface area contributed by atoms with E-state index in [0.29, 0.717) is 41.3 Å². The van der Waals surface area contributed by atoms with Gasteiger partial charge in [-0.2, -0.15) is 5.10 Å².